The molecule has 0 aliphatic carbocycles. The van der Waals surface area contributed by atoms with Crippen LogP contribution in [0.1, 0.15) is 98.6 Å². The Morgan fingerprint density at radius 2 is 0.768 bits per heavy atom. The van der Waals surface area contributed by atoms with Crippen molar-refractivity contribution < 1.29 is 62.2 Å². The summed E-state index contributed by atoms with van der Waals surface area (Å²) >= 11 is 0. The van der Waals surface area contributed by atoms with Gasteiger partial charge in [-0.25, -0.2) is 0 Å². The number of halogens is 12. The standard InChI is InChI=1S/C42H40F12O2/c1-3-5-7-11-33-31(25-19-27(39(43,44)45)23-28(20-25)40(46,47)48)13-15-35-37(33)38-34(12-8-6-4-2)32(14-16-36(38)56-18-10-9-17-55-35)26-21-29(41(49,50)51)24-30(22-26)42(52,53)54/h13-16,19-24H,3-12,17-18H2,1-2H3. The fourth-order valence-corrected chi connectivity index (χ4v) is 6.99. The molecule has 0 amide bonds. The van der Waals surface area contributed by atoms with Crippen molar-refractivity contribution in [2.45, 2.75) is 103 Å². The van der Waals surface area contributed by atoms with Gasteiger partial charge in [0.15, 0.2) is 0 Å². The first-order valence-corrected chi connectivity index (χ1v) is 18.4. The van der Waals surface area contributed by atoms with E-state index in [1.54, 1.807) is 0 Å². The molecule has 14 heteroatoms. The summed E-state index contributed by atoms with van der Waals surface area (Å²) in [4.78, 5) is 0. The van der Waals surface area contributed by atoms with Crippen LogP contribution >= 0.6 is 0 Å². The Balaban J connectivity index is 1.95. The summed E-state index contributed by atoms with van der Waals surface area (Å²) in [5.74, 6) is 0.396. The van der Waals surface area contributed by atoms with Crippen LogP contribution in [-0.2, 0) is 37.5 Å². The first-order valence-electron chi connectivity index (χ1n) is 18.4. The fraction of sp³-hybridized carbons (Fsp3) is 0.429. The highest BCUT2D eigenvalue weighted by Gasteiger charge is 2.39. The van der Waals surface area contributed by atoms with Gasteiger partial charge in [0.05, 0.1) is 35.5 Å². The molecule has 0 aromatic heterocycles. The molecule has 56 heavy (non-hydrogen) atoms. The zero-order chi connectivity index (χ0) is 41.1. The van der Waals surface area contributed by atoms with Gasteiger partial charge in [0, 0.05) is 11.1 Å². The van der Waals surface area contributed by atoms with Crippen molar-refractivity contribution in [3.05, 3.63) is 94.0 Å². The van der Waals surface area contributed by atoms with E-state index >= 15 is 0 Å². The van der Waals surface area contributed by atoms with Crippen molar-refractivity contribution in [1.82, 2.24) is 0 Å². The average Bonchev–Trinajstić information content (AvgIpc) is 3.11. The molecular weight excluding hydrogens is 764 g/mol. The highest BCUT2D eigenvalue weighted by molar-refractivity contribution is 5.91. The van der Waals surface area contributed by atoms with Gasteiger partial charge in [-0.1, -0.05) is 51.7 Å². The summed E-state index contributed by atoms with van der Waals surface area (Å²) in [6.07, 6.45) is -15.7. The molecule has 0 bridgehead atoms. The Hall–Kier alpha value is -4.36. The summed E-state index contributed by atoms with van der Waals surface area (Å²) in [5, 5.41) is 0. The van der Waals surface area contributed by atoms with Crippen LogP contribution < -0.4 is 9.47 Å². The minimum atomic E-state index is -5.14. The van der Waals surface area contributed by atoms with E-state index in [4.69, 9.17) is 9.47 Å². The molecule has 304 valence electrons. The molecule has 0 radical (unpaired) electrons. The zero-order valence-electron chi connectivity index (χ0n) is 30.6. The Morgan fingerprint density at radius 3 is 1.05 bits per heavy atom. The van der Waals surface area contributed by atoms with E-state index in [1.165, 1.54) is 24.3 Å². The van der Waals surface area contributed by atoms with Crippen molar-refractivity contribution in [3.8, 4) is 44.9 Å². The predicted octanol–water partition coefficient (Wildman–Crippen LogP) is 14.8. The summed E-state index contributed by atoms with van der Waals surface area (Å²) in [7, 11) is 0. The number of unbranched alkanes of at least 4 members (excludes halogenated alkanes) is 4. The Bertz CT molecular complexity index is 1780. The molecule has 4 aromatic carbocycles. The van der Waals surface area contributed by atoms with E-state index in [0.29, 0.717) is 86.8 Å². The molecule has 1 aliphatic heterocycles. The predicted molar refractivity (Wildman–Crippen MR) is 189 cm³/mol. The third kappa shape index (κ3) is 9.95. The zero-order valence-corrected chi connectivity index (χ0v) is 30.6. The number of fused-ring (bicyclic) bond motifs is 3. The van der Waals surface area contributed by atoms with Crippen LogP contribution in [0.3, 0.4) is 0 Å². The number of hydrogen-bond donors (Lipinski definition) is 0. The molecule has 0 saturated heterocycles. The van der Waals surface area contributed by atoms with E-state index in [-0.39, 0.29) is 83.1 Å². The van der Waals surface area contributed by atoms with Crippen molar-refractivity contribution in [3.63, 3.8) is 0 Å². The van der Waals surface area contributed by atoms with Gasteiger partial charge in [0.2, 0.25) is 0 Å². The van der Waals surface area contributed by atoms with E-state index in [2.05, 4.69) is 0 Å². The molecule has 0 spiro atoms. The molecule has 0 N–H and O–H groups in total. The maximum Gasteiger partial charge on any atom is 0.416 e. The Morgan fingerprint density at radius 1 is 0.446 bits per heavy atom. The van der Waals surface area contributed by atoms with Gasteiger partial charge in [-0.05, 0) is 120 Å². The van der Waals surface area contributed by atoms with Gasteiger partial charge < -0.3 is 9.47 Å². The molecule has 1 aliphatic rings. The monoisotopic (exact) mass is 804 g/mol. The number of rotatable bonds is 10. The molecule has 4 aromatic rings. The lowest BCUT2D eigenvalue weighted by Gasteiger charge is -2.27. The first kappa shape index (κ1) is 42.8. The van der Waals surface area contributed by atoms with Gasteiger partial charge in [0.1, 0.15) is 11.5 Å². The first-order chi connectivity index (χ1) is 26.2. The second-order valence-corrected chi connectivity index (χ2v) is 13.8. The highest BCUT2D eigenvalue weighted by atomic mass is 19.4. The van der Waals surface area contributed by atoms with Crippen molar-refractivity contribution in [2.75, 3.05) is 13.2 Å². The van der Waals surface area contributed by atoms with Crippen LogP contribution in [0, 0.1) is 0 Å². The Labute approximate surface area is 316 Å². The third-order valence-corrected chi connectivity index (χ3v) is 9.71. The van der Waals surface area contributed by atoms with Crippen LogP contribution in [0.5, 0.6) is 11.5 Å². The largest absolute Gasteiger partial charge is 0.493 e. The fourth-order valence-electron chi connectivity index (χ4n) is 6.99. The highest BCUT2D eigenvalue weighted by Crippen LogP contribution is 2.50. The second kappa shape index (κ2) is 17.0. The number of ether oxygens (including phenoxy) is 2. The number of benzene rings is 4. The Kier molecular flexibility index (Phi) is 13.0. The summed E-state index contributed by atoms with van der Waals surface area (Å²) < 4.78 is 182. The smallest absolute Gasteiger partial charge is 0.416 e. The van der Waals surface area contributed by atoms with Crippen LogP contribution in [0.25, 0.3) is 33.4 Å². The molecule has 5 rings (SSSR count). The maximum atomic E-state index is 14.1. The van der Waals surface area contributed by atoms with Gasteiger partial charge in [-0.2, -0.15) is 52.7 Å². The van der Waals surface area contributed by atoms with Crippen LogP contribution in [0.2, 0.25) is 0 Å². The molecule has 0 fully saturated rings. The second-order valence-electron chi connectivity index (χ2n) is 13.8. The topological polar surface area (TPSA) is 18.5 Å². The molecular formula is C42H40F12O2. The van der Waals surface area contributed by atoms with Crippen LogP contribution in [0.4, 0.5) is 52.7 Å². The number of hydrogen-bond acceptors (Lipinski definition) is 2. The van der Waals surface area contributed by atoms with E-state index in [9.17, 15) is 52.7 Å². The van der Waals surface area contributed by atoms with Crippen molar-refractivity contribution in [2.24, 2.45) is 0 Å². The molecule has 2 nitrogen and oxygen atoms in total. The van der Waals surface area contributed by atoms with Gasteiger partial charge in [-0.3, -0.25) is 0 Å². The lowest BCUT2D eigenvalue weighted by molar-refractivity contribution is -0.144. The SMILES string of the molecule is CCCCCc1c(-c2cc(C(F)(F)F)cc(C(F)(F)F)c2)ccc2c1-c1c(ccc(-c3cc(C(F)(F)F)cc(C(F)(F)F)c3)c1CCCCC)OCCCCO2. The minimum absolute atomic E-state index is 0.0337. The average molecular weight is 805 g/mol. The summed E-state index contributed by atoms with van der Waals surface area (Å²) in [6, 6.07) is 8.28. The molecule has 1 heterocycles. The van der Waals surface area contributed by atoms with Crippen LogP contribution in [-0.4, -0.2) is 13.2 Å². The lowest BCUT2D eigenvalue weighted by atomic mass is 9.82. The quantitative estimate of drug-likeness (QED) is 0.117. The number of alkyl halides is 12. The van der Waals surface area contributed by atoms with E-state index in [0.717, 1.165) is 0 Å². The van der Waals surface area contributed by atoms with Gasteiger partial charge >= 0.3 is 24.7 Å². The molecule has 0 unspecified atom stereocenters. The maximum absolute atomic E-state index is 14.1. The lowest BCUT2D eigenvalue weighted by Crippen LogP contribution is -2.13. The van der Waals surface area contributed by atoms with Gasteiger partial charge in [0.25, 0.3) is 0 Å². The summed E-state index contributed by atoms with van der Waals surface area (Å²) in [6.45, 7) is 4.10. The van der Waals surface area contributed by atoms with Crippen molar-refractivity contribution in [1.29, 1.82) is 0 Å². The van der Waals surface area contributed by atoms with E-state index < -0.39 is 47.0 Å². The normalized spacial score (nSPS) is 14.1. The van der Waals surface area contributed by atoms with Gasteiger partial charge in [-0.15, -0.1) is 0 Å². The minimum Gasteiger partial charge on any atom is -0.493 e. The van der Waals surface area contributed by atoms with Crippen LogP contribution in [0.15, 0.2) is 60.7 Å². The third-order valence-electron chi connectivity index (χ3n) is 9.71. The van der Waals surface area contributed by atoms with Crippen molar-refractivity contribution >= 4 is 0 Å². The molecule has 0 saturated carbocycles. The summed E-state index contributed by atoms with van der Waals surface area (Å²) in [5.41, 5.74) is -5.65. The van der Waals surface area contributed by atoms with E-state index in [1.807, 2.05) is 13.8 Å². The molecule has 0 atom stereocenters.